The highest BCUT2D eigenvalue weighted by atomic mass is 16.3. The van der Waals surface area contributed by atoms with Gasteiger partial charge in [0.05, 0.1) is 5.69 Å². The summed E-state index contributed by atoms with van der Waals surface area (Å²) in [4.78, 5) is 12.4. The molecule has 6 nitrogen and oxygen atoms in total. The van der Waals surface area contributed by atoms with Crippen LogP contribution in [0, 0.1) is 32.1 Å². The third-order valence-corrected chi connectivity index (χ3v) is 3.92. The molecule has 0 atom stereocenters. The van der Waals surface area contributed by atoms with Gasteiger partial charge in [0.1, 0.15) is 11.6 Å². The summed E-state index contributed by atoms with van der Waals surface area (Å²) >= 11 is 0. The molecule has 1 heterocycles. The van der Waals surface area contributed by atoms with Crippen LogP contribution in [0.2, 0.25) is 0 Å². The molecule has 0 radical (unpaired) electrons. The fraction of sp³-hybridized carbons (Fsp3) is 0.294. The number of azo groups is 1. The molecule has 0 amide bonds. The van der Waals surface area contributed by atoms with Gasteiger partial charge in [-0.2, -0.15) is 10.4 Å². The van der Waals surface area contributed by atoms with E-state index >= 15 is 0 Å². The molecule has 6 heteroatoms. The van der Waals surface area contributed by atoms with Crippen LogP contribution in [0.15, 0.2) is 33.2 Å². The Morgan fingerprint density at radius 2 is 1.91 bits per heavy atom. The van der Waals surface area contributed by atoms with Gasteiger partial charge in [0.2, 0.25) is 5.88 Å². The molecule has 0 saturated heterocycles. The quantitative estimate of drug-likeness (QED) is 0.874. The summed E-state index contributed by atoms with van der Waals surface area (Å²) in [7, 11) is 0. The van der Waals surface area contributed by atoms with Gasteiger partial charge in [0.25, 0.3) is 5.56 Å². The van der Waals surface area contributed by atoms with Gasteiger partial charge in [0, 0.05) is 12.1 Å². The van der Waals surface area contributed by atoms with Crippen LogP contribution < -0.4 is 5.56 Å². The maximum absolute atomic E-state index is 12.4. The molecule has 0 saturated carbocycles. The van der Waals surface area contributed by atoms with Gasteiger partial charge in [-0.1, -0.05) is 12.1 Å². The molecule has 0 spiro atoms. The molecule has 2 aromatic rings. The van der Waals surface area contributed by atoms with E-state index in [1.54, 1.807) is 13.8 Å². The van der Waals surface area contributed by atoms with Crippen molar-refractivity contribution in [3.05, 3.63) is 50.8 Å². The summed E-state index contributed by atoms with van der Waals surface area (Å²) in [5.41, 5.74) is 2.70. The first kappa shape index (κ1) is 16.4. The molecule has 23 heavy (non-hydrogen) atoms. The van der Waals surface area contributed by atoms with Gasteiger partial charge < -0.3 is 5.11 Å². The Morgan fingerprint density at radius 3 is 2.52 bits per heavy atom. The second-order valence-electron chi connectivity index (χ2n) is 5.25. The lowest BCUT2D eigenvalue weighted by atomic mass is 10.1. The average Bonchev–Trinajstić information content (AvgIpc) is 2.52. The summed E-state index contributed by atoms with van der Waals surface area (Å²) in [6.07, 6.45) is 0. The van der Waals surface area contributed by atoms with Crippen molar-refractivity contribution in [2.45, 2.75) is 34.2 Å². The van der Waals surface area contributed by atoms with Crippen LogP contribution >= 0.6 is 0 Å². The molecule has 0 aliphatic rings. The maximum atomic E-state index is 12.4. The summed E-state index contributed by atoms with van der Waals surface area (Å²) in [5.74, 6) is -0.330. The zero-order valence-electron chi connectivity index (χ0n) is 13.6. The Morgan fingerprint density at radius 1 is 1.22 bits per heavy atom. The average molecular weight is 310 g/mol. The van der Waals surface area contributed by atoms with Crippen LogP contribution in [-0.4, -0.2) is 9.67 Å². The van der Waals surface area contributed by atoms with Crippen molar-refractivity contribution in [2.24, 2.45) is 10.2 Å². The number of rotatable bonds is 3. The largest absolute Gasteiger partial charge is 0.493 e. The third kappa shape index (κ3) is 2.86. The molecule has 1 N–H and O–H groups in total. The van der Waals surface area contributed by atoms with E-state index in [1.165, 1.54) is 0 Å². The summed E-state index contributed by atoms with van der Waals surface area (Å²) in [6.45, 7) is 7.43. The Balaban J connectivity index is 2.65. The SMILES string of the molecule is CCn1c(O)c(C#N)c(C)c(N=Nc2cccc(C)c2C)c1=O. The highest BCUT2D eigenvalue weighted by Crippen LogP contribution is 2.28. The molecular formula is C17H18N4O2. The lowest BCUT2D eigenvalue weighted by molar-refractivity contribution is 0.409. The van der Waals surface area contributed by atoms with Crippen molar-refractivity contribution in [3.63, 3.8) is 0 Å². The number of hydrogen-bond donors (Lipinski definition) is 1. The van der Waals surface area contributed by atoms with Crippen molar-refractivity contribution in [1.29, 1.82) is 5.26 Å². The van der Waals surface area contributed by atoms with Crippen LogP contribution in [0.1, 0.15) is 29.2 Å². The summed E-state index contributed by atoms with van der Waals surface area (Å²) in [6, 6.07) is 7.56. The van der Waals surface area contributed by atoms with E-state index in [0.29, 0.717) is 11.3 Å². The monoisotopic (exact) mass is 310 g/mol. The van der Waals surface area contributed by atoms with Crippen LogP contribution in [0.3, 0.4) is 0 Å². The van der Waals surface area contributed by atoms with Crippen molar-refractivity contribution in [3.8, 4) is 11.9 Å². The zero-order valence-corrected chi connectivity index (χ0v) is 13.6. The number of aromatic nitrogens is 1. The number of aryl methyl sites for hydroxylation is 1. The highest BCUT2D eigenvalue weighted by molar-refractivity contribution is 5.57. The second-order valence-corrected chi connectivity index (χ2v) is 5.25. The Kier molecular flexibility index (Phi) is 4.60. The van der Waals surface area contributed by atoms with E-state index in [-0.39, 0.29) is 23.7 Å². The molecule has 0 aliphatic heterocycles. The maximum Gasteiger partial charge on any atom is 0.281 e. The molecule has 118 valence electrons. The minimum absolute atomic E-state index is 0.0429. The standard InChI is InChI=1S/C17H18N4O2/c1-5-21-16(22)13(9-18)12(4)15(17(21)23)20-19-14-8-6-7-10(2)11(14)3/h6-8,22H,5H2,1-4H3. The zero-order chi connectivity index (χ0) is 17.1. The van der Waals surface area contributed by atoms with E-state index in [9.17, 15) is 15.2 Å². The molecule has 0 aliphatic carbocycles. The van der Waals surface area contributed by atoms with E-state index in [2.05, 4.69) is 10.2 Å². The van der Waals surface area contributed by atoms with E-state index in [1.807, 2.05) is 38.1 Å². The predicted molar refractivity (Wildman–Crippen MR) is 87.6 cm³/mol. The molecule has 1 aromatic heterocycles. The lowest BCUT2D eigenvalue weighted by Gasteiger charge is -2.11. The van der Waals surface area contributed by atoms with Gasteiger partial charge >= 0.3 is 0 Å². The first-order chi connectivity index (χ1) is 10.9. The Bertz CT molecular complexity index is 889. The first-order valence-electron chi connectivity index (χ1n) is 7.26. The highest BCUT2D eigenvalue weighted by Gasteiger charge is 2.18. The van der Waals surface area contributed by atoms with Crippen LogP contribution in [0.5, 0.6) is 5.88 Å². The predicted octanol–water partition coefficient (Wildman–Crippen LogP) is 3.79. The van der Waals surface area contributed by atoms with Gasteiger partial charge in [0.15, 0.2) is 5.69 Å². The molecular weight excluding hydrogens is 292 g/mol. The van der Waals surface area contributed by atoms with Gasteiger partial charge in [-0.05, 0) is 44.9 Å². The van der Waals surface area contributed by atoms with Crippen molar-refractivity contribution >= 4 is 11.4 Å². The molecule has 0 fully saturated rings. The van der Waals surface area contributed by atoms with Crippen molar-refractivity contribution in [2.75, 3.05) is 0 Å². The Hall–Kier alpha value is -2.94. The van der Waals surface area contributed by atoms with Crippen molar-refractivity contribution in [1.82, 2.24) is 4.57 Å². The lowest BCUT2D eigenvalue weighted by Crippen LogP contribution is -2.20. The van der Waals surface area contributed by atoms with Crippen LogP contribution in [-0.2, 0) is 6.54 Å². The normalized spacial score (nSPS) is 10.9. The number of pyridine rings is 1. The number of hydrogen-bond acceptors (Lipinski definition) is 5. The molecule has 0 bridgehead atoms. The number of benzene rings is 1. The second kappa shape index (κ2) is 6.44. The number of nitrogens with zero attached hydrogens (tertiary/aromatic N) is 4. The molecule has 2 rings (SSSR count). The van der Waals surface area contributed by atoms with Gasteiger partial charge in [-0.15, -0.1) is 5.11 Å². The van der Waals surface area contributed by atoms with Gasteiger partial charge in [-0.3, -0.25) is 9.36 Å². The molecule has 1 aromatic carbocycles. The van der Waals surface area contributed by atoms with Crippen LogP contribution in [0.4, 0.5) is 11.4 Å². The summed E-state index contributed by atoms with van der Waals surface area (Å²) < 4.78 is 1.11. The van der Waals surface area contributed by atoms with Gasteiger partial charge in [-0.25, -0.2) is 0 Å². The van der Waals surface area contributed by atoms with Crippen LogP contribution in [0.25, 0.3) is 0 Å². The first-order valence-corrected chi connectivity index (χ1v) is 7.26. The minimum Gasteiger partial charge on any atom is -0.493 e. The smallest absolute Gasteiger partial charge is 0.281 e. The van der Waals surface area contributed by atoms with Crippen molar-refractivity contribution < 1.29 is 5.11 Å². The fourth-order valence-electron chi connectivity index (χ4n) is 2.30. The number of nitriles is 1. The molecule has 0 unspecified atom stereocenters. The van der Waals surface area contributed by atoms with E-state index in [0.717, 1.165) is 15.7 Å². The minimum atomic E-state index is -0.462. The third-order valence-electron chi connectivity index (χ3n) is 3.92. The number of aromatic hydroxyl groups is 1. The Labute approximate surface area is 134 Å². The summed E-state index contributed by atoms with van der Waals surface area (Å²) in [5, 5.41) is 27.4. The fourth-order valence-corrected chi connectivity index (χ4v) is 2.30. The van der Waals surface area contributed by atoms with E-state index < -0.39 is 5.56 Å². The van der Waals surface area contributed by atoms with E-state index in [4.69, 9.17) is 0 Å². The topological polar surface area (TPSA) is 90.7 Å².